The van der Waals surface area contributed by atoms with Crippen LogP contribution in [0.2, 0.25) is 0 Å². The monoisotopic (exact) mass is 252 g/mol. The summed E-state index contributed by atoms with van der Waals surface area (Å²) in [4.78, 5) is 14.9. The first-order valence-electron chi connectivity index (χ1n) is 7.71. The smallest absolute Gasteiger partial charge is 0.226 e. The van der Waals surface area contributed by atoms with Crippen molar-refractivity contribution < 1.29 is 4.79 Å². The van der Waals surface area contributed by atoms with E-state index in [1.165, 1.54) is 12.8 Å². The second-order valence-electron chi connectivity index (χ2n) is 6.08. The zero-order chi connectivity index (χ0) is 13.1. The van der Waals surface area contributed by atoms with Gasteiger partial charge >= 0.3 is 0 Å². The fraction of sp³-hybridized carbons (Fsp3) is 0.933. The third-order valence-electron chi connectivity index (χ3n) is 4.93. The zero-order valence-corrected chi connectivity index (χ0v) is 12.1. The number of rotatable bonds is 3. The van der Waals surface area contributed by atoms with Crippen LogP contribution in [-0.4, -0.2) is 36.0 Å². The van der Waals surface area contributed by atoms with Gasteiger partial charge in [0.05, 0.1) is 0 Å². The summed E-state index contributed by atoms with van der Waals surface area (Å²) in [6.07, 6.45) is 5.75. The van der Waals surface area contributed by atoms with E-state index in [2.05, 4.69) is 31.0 Å². The van der Waals surface area contributed by atoms with Crippen molar-refractivity contribution in [2.75, 3.05) is 13.1 Å². The Hall–Kier alpha value is -0.570. The van der Waals surface area contributed by atoms with Crippen LogP contribution in [0.4, 0.5) is 0 Å². The van der Waals surface area contributed by atoms with Crippen LogP contribution in [0.25, 0.3) is 0 Å². The fourth-order valence-corrected chi connectivity index (χ4v) is 3.50. The predicted octanol–water partition coefficient (Wildman–Crippen LogP) is 2.41. The Bertz CT molecular complexity index is 292. The van der Waals surface area contributed by atoms with E-state index in [9.17, 15) is 4.79 Å². The summed E-state index contributed by atoms with van der Waals surface area (Å²) >= 11 is 0. The Labute approximate surface area is 111 Å². The van der Waals surface area contributed by atoms with Gasteiger partial charge in [-0.25, -0.2) is 0 Å². The van der Waals surface area contributed by atoms with E-state index < -0.39 is 0 Å². The maximum atomic E-state index is 12.7. The quantitative estimate of drug-likeness (QED) is 0.836. The summed E-state index contributed by atoms with van der Waals surface area (Å²) in [6.45, 7) is 8.52. The van der Waals surface area contributed by atoms with Crippen molar-refractivity contribution in [1.29, 1.82) is 0 Å². The van der Waals surface area contributed by atoms with Crippen LogP contribution in [0.3, 0.4) is 0 Å². The molecule has 0 aromatic carbocycles. The number of amides is 1. The minimum atomic E-state index is 0.301. The van der Waals surface area contributed by atoms with Crippen molar-refractivity contribution in [1.82, 2.24) is 10.2 Å². The molecule has 1 heterocycles. The molecule has 18 heavy (non-hydrogen) atoms. The number of carbonyl (C=O) groups excluding carboxylic acids is 1. The van der Waals surface area contributed by atoms with Gasteiger partial charge in [-0.1, -0.05) is 27.2 Å². The summed E-state index contributed by atoms with van der Waals surface area (Å²) in [5, 5.41) is 3.56. The molecule has 1 aliphatic carbocycles. The van der Waals surface area contributed by atoms with Gasteiger partial charge in [0.15, 0.2) is 0 Å². The summed E-state index contributed by atoms with van der Waals surface area (Å²) in [5.74, 6) is 1.33. The SMILES string of the molecule is CCC1CN(C(=O)C2CCCC2C)C(CC)CN1. The van der Waals surface area contributed by atoms with Gasteiger partial charge in [-0.3, -0.25) is 4.79 Å². The highest BCUT2D eigenvalue weighted by Crippen LogP contribution is 2.33. The number of hydrogen-bond donors (Lipinski definition) is 1. The molecule has 0 aromatic heterocycles. The molecule has 104 valence electrons. The fourth-order valence-electron chi connectivity index (χ4n) is 3.50. The molecule has 3 nitrogen and oxygen atoms in total. The van der Waals surface area contributed by atoms with Gasteiger partial charge in [-0.15, -0.1) is 0 Å². The number of hydrogen-bond acceptors (Lipinski definition) is 2. The third kappa shape index (κ3) is 2.71. The average molecular weight is 252 g/mol. The van der Waals surface area contributed by atoms with Crippen LogP contribution < -0.4 is 5.32 Å². The molecular weight excluding hydrogens is 224 g/mol. The minimum absolute atomic E-state index is 0.301. The summed E-state index contributed by atoms with van der Waals surface area (Å²) in [6, 6.07) is 0.904. The highest BCUT2D eigenvalue weighted by Gasteiger charge is 2.37. The van der Waals surface area contributed by atoms with Crippen molar-refractivity contribution in [3.8, 4) is 0 Å². The van der Waals surface area contributed by atoms with Gasteiger partial charge in [0.2, 0.25) is 5.91 Å². The first kappa shape index (κ1) is 13.9. The van der Waals surface area contributed by atoms with Crippen LogP contribution in [0.15, 0.2) is 0 Å². The van der Waals surface area contributed by atoms with Gasteiger partial charge in [0, 0.05) is 31.1 Å². The number of piperazine rings is 1. The van der Waals surface area contributed by atoms with Crippen LogP contribution in [0.5, 0.6) is 0 Å². The van der Waals surface area contributed by atoms with E-state index in [4.69, 9.17) is 0 Å². The maximum absolute atomic E-state index is 12.7. The number of nitrogens with one attached hydrogen (secondary N) is 1. The normalized spacial score (nSPS) is 36.9. The molecule has 0 bridgehead atoms. The van der Waals surface area contributed by atoms with Crippen molar-refractivity contribution in [3.05, 3.63) is 0 Å². The van der Waals surface area contributed by atoms with Crippen molar-refractivity contribution in [2.24, 2.45) is 11.8 Å². The van der Waals surface area contributed by atoms with Gasteiger partial charge in [-0.05, 0) is 31.6 Å². The van der Waals surface area contributed by atoms with Crippen molar-refractivity contribution >= 4 is 5.91 Å². The molecule has 3 heteroatoms. The lowest BCUT2D eigenvalue weighted by Gasteiger charge is -2.41. The standard InChI is InChI=1S/C15H28N2O/c1-4-12-10-17(13(5-2)9-16-12)15(18)14-8-6-7-11(14)3/h11-14,16H,4-10H2,1-3H3. The number of carbonyl (C=O) groups is 1. The van der Waals surface area contributed by atoms with E-state index in [1.807, 2.05) is 0 Å². The van der Waals surface area contributed by atoms with E-state index in [1.54, 1.807) is 0 Å². The lowest BCUT2D eigenvalue weighted by atomic mass is 9.94. The topological polar surface area (TPSA) is 32.3 Å². The van der Waals surface area contributed by atoms with Gasteiger partial charge < -0.3 is 10.2 Å². The molecule has 4 atom stereocenters. The van der Waals surface area contributed by atoms with Gasteiger partial charge in [0.25, 0.3) is 0 Å². The predicted molar refractivity (Wildman–Crippen MR) is 74.4 cm³/mol. The Morgan fingerprint density at radius 2 is 2.06 bits per heavy atom. The summed E-state index contributed by atoms with van der Waals surface area (Å²) in [5.41, 5.74) is 0. The maximum Gasteiger partial charge on any atom is 0.226 e. The van der Waals surface area contributed by atoms with Gasteiger partial charge in [0.1, 0.15) is 0 Å². The molecule has 2 aliphatic rings. The molecule has 2 fully saturated rings. The van der Waals surface area contributed by atoms with Crippen LogP contribution in [-0.2, 0) is 4.79 Å². The van der Waals surface area contributed by atoms with E-state index >= 15 is 0 Å². The Morgan fingerprint density at radius 1 is 1.28 bits per heavy atom. The Kier molecular flexibility index (Phi) is 4.66. The summed E-state index contributed by atoms with van der Waals surface area (Å²) < 4.78 is 0. The van der Waals surface area contributed by atoms with E-state index in [0.717, 1.165) is 32.4 Å². The lowest BCUT2D eigenvalue weighted by molar-refractivity contribution is -0.140. The second kappa shape index (κ2) is 6.05. The first-order valence-corrected chi connectivity index (χ1v) is 7.71. The molecular formula is C15H28N2O. The molecule has 4 unspecified atom stereocenters. The third-order valence-corrected chi connectivity index (χ3v) is 4.93. The Morgan fingerprint density at radius 3 is 2.61 bits per heavy atom. The minimum Gasteiger partial charge on any atom is -0.337 e. The molecule has 1 aliphatic heterocycles. The zero-order valence-electron chi connectivity index (χ0n) is 12.1. The van der Waals surface area contributed by atoms with Crippen molar-refractivity contribution in [2.45, 2.75) is 65.0 Å². The molecule has 1 N–H and O–H groups in total. The molecule has 0 spiro atoms. The van der Waals surface area contributed by atoms with E-state index in [-0.39, 0.29) is 0 Å². The molecule has 1 saturated heterocycles. The molecule has 0 aromatic rings. The van der Waals surface area contributed by atoms with Crippen LogP contribution in [0, 0.1) is 11.8 Å². The second-order valence-corrected chi connectivity index (χ2v) is 6.08. The molecule has 1 amide bonds. The molecule has 2 rings (SSSR count). The summed E-state index contributed by atoms with van der Waals surface area (Å²) in [7, 11) is 0. The molecule has 0 radical (unpaired) electrons. The first-order chi connectivity index (χ1) is 8.67. The van der Waals surface area contributed by atoms with Crippen molar-refractivity contribution in [3.63, 3.8) is 0 Å². The van der Waals surface area contributed by atoms with E-state index in [0.29, 0.717) is 29.8 Å². The highest BCUT2D eigenvalue weighted by molar-refractivity contribution is 5.80. The van der Waals surface area contributed by atoms with Gasteiger partial charge in [-0.2, -0.15) is 0 Å². The highest BCUT2D eigenvalue weighted by atomic mass is 16.2. The largest absolute Gasteiger partial charge is 0.337 e. The van der Waals surface area contributed by atoms with Crippen LogP contribution in [0.1, 0.15) is 52.9 Å². The average Bonchev–Trinajstić information content (AvgIpc) is 2.83. The number of nitrogens with zero attached hydrogens (tertiary/aromatic N) is 1. The molecule has 1 saturated carbocycles. The lowest BCUT2D eigenvalue weighted by Crippen LogP contribution is -2.59. The van der Waals surface area contributed by atoms with Crippen LogP contribution >= 0.6 is 0 Å². The Balaban J connectivity index is 2.05.